The second kappa shape index (κ2) is 4.60. The third kappa shape index (κ3) is 2.69. The second-order valence-electron chi connectivity index (χ2n) is 4.94. The summed E-state index contributed by atoms with van der Waals surface area (Å²) >= 11 is 0. The van der Waals surface area contributed by atoms with Crippen molar-refractivity contribution in [3.63, 3.8) is 0 Å². The van der Waals surface area contributed by atoms with Crippen molar-refractivity contribution in [1.29, 1.82) is 0 Å². The Hall–Kier alpha value is -0.120. The lowest BCUT2D eigenvalue weighted by Gasteiger charge is -2.24. The topological polar surface area (TPSA) is 33.3 Å². The third-order valence-corrected chi connectivity index (χ3v) is 3.49. The summed E-state index contributed by atoms with van der Waals surface area (Å²) in [7, 11) is 0. The number of nitrogens with one attached hydrogen (secondary N) is 2. The van der Waals surface area contributed by atoms with E-state index >= 15 is 0 Å². The smallest absolute Gasteiger partial charge is 0.0646 e. The van der Waals surface area contributed by atoms with E-state index < -0.39 is 0 Å². The van der Waals surface area contributed by atoms with Gasteiger partial charge in [0.1, 0.15) is 0 Å². The van der Waals surface area contributed by atoms with E-state index in [9.17, 15) is 0 Å². The van der Waals surface area contributed by atoms with Crippen molar-refractivity contribution in [2.45, 2.75) is 31.7 Å². The van der Waals surface area contributed by atoms with E-state index in [1.807, 2.05) is 0 Å². The van der Waals surface area contributed by atoms with E-state index in [2.05, 4.69) is 17.6 Å². The van der Waals surface area contributed by atoms with Gasteiger partial charge in [-0.25, -0.2) is 0 Å². The van der Waals surface area contributed by atoms with Gasteiger partial charge in [0.2, 0.25) is 0 Å². The molecule has 2 unspecified atom stereocenters. The van der Waals surface area contributed by atoms with E-state index in [0.717, 1.165) is 32.1 Å². The van der Waals surface area contributed by atoms with Gasteiger partial charge in [0.05, 0.1) is 6.61 Å². The normalized spacial score (nSPS) is 37.9. The molecule has 0 aliphatic carbocycles. The summed E-state index contributed by atoms with van der Waals surface area (Å²) in [6.07, 6.45) is 3.83. The predicted molar refractivity (Wildman–Crippen MR) is 57.4 cm³/mol. The molecule has 0 aromatic heterocycles. The minimum absolute atomic E-state index is 0.256. The lowest BCUT2D eigenvalue weighted by atomic mass is 10.00. The van der Waals surface area contributed by atoms with Gasteiger partial charge in [-0.2, -0.15) is 0 Å². The van der Waals surface area contributed by atoms with Crippen molar-refractivity contribution >= 4 is 0 Å². The summed E-state index contributed by atoms with van der Waals surface area (Å²) in [4.78, 5) is 0. The average molecular weight is 198 g/mol. The van der Waals surface area contributed by atoms with Crippen molar-refractivity contribution < 1.29 is 4.74 Å². The van der Waals surface area contributed by atoms with Gasteiger partial charge in [0, 0.05) is 12.1 Å². The van der Waals surface area contributed by atoms with Crippen molar-refractivity contribution in [1.82, 2.24) is 10.6 Å². The number of hydrogen-bond acceptors (Lipinski definition) is 3. The highest BCUT2D eigenvalue weighted by molar-refractivity contribution is 4.87. The van der Waals surface area contributed by atoms with Crippen LogP contribution in [0.3, 0.4) is 0 Å². The van der Waals surface area contributed by atoms with Crippen molar-refractivity contribution in [2.75, 3.05) is 32.8 Å². The van der Waals surface area contributed by atoms with Gasteiger partial charge in [0.25, 0.3) is 0 Å². The molecule has 2 rings (SSSR count). The molecule has 0 bridgehead atoms. The van der Waals surface area contributed by atoms with Crippen LogP contribution in [0.15, 0.2) is 0 Å². The zero-order chi connectivity index (χ0) is 9.86. The van der Waals surface area contributed by atoms with E-state index in [-0.39, 0.29) is 5.54 Å². The standard InChI is InChI=1S/C11H22N2O/c1-11(4-7-14-9-11)13-6-3-10-2-5-12-8-10/h10,12-13H,2-9H2,1H3. The minimum Gasteiger partial charge on any atom is -0.379 e. The van der Waals surface area contributed by atoms with Gasteiger partial charge in [-0.15, -0.1) is 0 Å². The predicted octanol–water partition coefficient (Wildman–Crippen LogP) is 0.755. The van der Waals surface area contributed by atoms with Crippen LogP contribution in [-0.4, -0.2) is 38.4 Å². The van der Waals surface area contributed by atoms with Crippen molar-refractivity contribution in [3.05, 3.63) is 0 Å². The molecule has 0 radical (unpaired) electrons. The Labute approximate surface area is 86.6 Å². The number of ether oxygens (including phenoxy) is 1. The van der Waals surface area contributed by atoms with Gasteiger partial charge in [-0.3, -0.25) is 0 Å². The molecule has 3 heteroatoms. The molecular weight excluding hydrogens is 176 g/mol. The summed E-state index contributed by atoms with van der Waals surface area (Å²) in [5, 5.41) is 7.04. The Morgan fingerprint density at radius 3 is 3.14 bits per heavy atom. The lowest BCUT2D eigenvalue weighted by Crippen LogP contribution is -2.43. The number of hydrogen-bond donors (Lipinski definition) is 2. The van der Waals surface area contributed by atoms with Gasteiger partial charge >= 0.3 is 0 Å². The molecule has 0 aromatic rings. The highest BCUT2D eigenvalue weighted by atomic mass is 16.5. The Morgan fingerprint density at radius 1 is 1.57 bits per heavy atom. The Balaban J connectivity index is 1.61. The molecule has 2 N–H and O–H groups in total. The Bertz CT molecular complexity index is 172. The van der Waals surface area contributed by atoms with Crippen LogP contribution in [0.25, 0.3) is 0 Å². The molecule has 0 aromatic carbocycles. The minimum atomic E-state index is 0.256. The first-order valence-corrected chi connectivity index (χ1v) is 5.82. The van der Waals surface area contributed by atoms with E-state index in [4.69, 9.17) is 4.74 Å². The SMILES string of the molecule is CC1(NCCC2CCNC2)CCOC1. The van der Waals surface area contributed by atoms with Crippen LogP contribution < -0.4 is 10.6 Å². The molecule has 0 amide bonds. The molecule has 2 saturated heterocycles. The quantitative estimate of drug-likeness (QED) is 0.699. The zero-order valence-corrected chi connectivity index (χ0v) is 9.14. The summed E-state index contributed by atoms with van der Waals surface area (Å²) in [5.41, 5.74) is 0.256. The molecule has 82 valence electrons. The molecule has 2 fully saturated rings. The maximum absolute atomic E-state index is 5.41. The summed E-state index contributed by atoms with van der Waals surface area (Å²) < 4.78 is 5.41. The summed E-state index contributed by atoms with van der Waals surface area (Å²) in [5.74, 6) is 0.897. The first-order chi connectivity index (χ1) is 6.79. The fourth-order valence-corrected chi connectivity index (χ4v) is 2.35. The molecular formula is C11H22N2O. The third-order valence-electron chi connectivity index (χ3n) is 3.49. The van der Waals surface area contributed by atoms with Crippen LogP contribution in [0.1, 0.15) is 26.2 Å². The second-order valence-corrected chi connectivity index (χ2v) is 4.94. The molecule has 0 spiro atoms. The molecule has 2 aliphatic rings. The maximum atomic E-state index is 5.41. The molecule has 2 heterocycles. The van der Waals surface area contributed by atoms with E-state index in [0.29, 0.717) is 0 Å². The van der Waals surface area contributed by atoms with Gasteiger partial charge in [-0.1, -0.05) is 0 Å². The fraction of sp³-hybridized carbons (Fsp3) is 1.00. The molecule has 2 aliphatic heterocycles. The number of rotatable bonds is 4. The molecule has 0 saturated carbocycles. The first kappa shape index (κ1) is 10.4. The van der Waals surface area contributed by atoms with Gasteiger partial charge in [-0.05, 0) is 51.7 Å². The average Bonchev–Trinajstić information content (AvgIpc) is 2.77. The molecule has 3 nitrogen and oxygen atoms in total. The van der Waals surface area contributed by atoms with Crippen LogP contribution in [0.5, 0.6) is 0 Å². The Morgan fingerprint density at radius 2 is 2.50 bits per heavy atom. The zero-order valence-electron chi connectivity index (χ0n) is 9.14. The molecule has 2 atom stereocenters. The highest BCUT2D eigenvalue weighted by Gasteiger charge is 2.28. The van der Waals surface area contributed by atoms with Crippen molar-refractivity contribution in [3.8, 4) is 0 Å². The van der Waals surface area contributed by atoms with Crippen LogP contribution >= 0.6 is 0 Å². The van der Waals surface area contributed by atoms with Crippen LogP contribution in [0.4, 0.5) is 0 Å². The largest absolute Gasteiger partial charge is 0.379 e. The van der Waals surface area contributed by atoms with Crippen molar-refractivity contribution in [2.24, 2.45) is 5.92 Å². The van der Waals surface area contributed by atoms with Gasteiger partial charge < -0.3 is 15.4 Å². The van der Waals surface area contributed by atoms with Crippen LogP contribution in [0.2, 0.25) is 0 Å². The Kier molecular flexibility index (Phi) is 3.42. The van der Waals surface area contributed by atoms with Gasteiger partial charge in [0.15, 0.2) is 0 Å². The lowest BCUT2D eigenvalue weighted by molar-refractivity contribution is 0.171. The summed E-state index contributed by atoms with van der Waals surface area (Å²) in [6, 6.07) is 0. The van der Waals surface area contributed by atoms with Crippen LogP contribution in [-0.2, 0) is 4.74 Å². The summed E-state index contributed by atoms with van der Waals surface area (Å²) in [6.45, 7) is 7.66. The van der Waals surface area contributed by atoms with E-state index in [1.165, 1.54) is 25.9 Å². The monoisotopic (exact) mass is 198 g/mol. The van der Waals surface area contributed by atoms with E-state index in [1.54, 1.807) is 0 Å². The maximum Gasteiger partial charge on any atom is 0.0646 e. The molecule has 14 heavy (non-hydrogen) atoms. The van der Waals surface area contributed by atoms with Crippen LogP contribution in [0, 0.1) is 5.92 Å². The first-order valence-electron chi connectivity index (χ1n) is 5.82. The fourth-order valence-electron chi connectivity index (χ4n) is 2.35. The highest BCUT2D eigenvalue weighted by Crippen LogP contribution is 2.18.